The molecule has 0 aromatic heterocycles. The molecule has 40 heavy (non-hydrogen) atoms. The normalized spacial score (nSPS) is 30.3. The van der Waals surface area contributed by atoms with Gasteiger partial charge in [0.25, 0.3) is 0 Å². The number of carbonyl (C=O) groups is 3. The fraction of sp³-hybridized carbons (Fsp3) is 0.828. The summed E-state index contributed by atoms with van der Waals surface area (Å²) >= 11 is 0. The standard InChI is InChI=1S/C29H50N4O7/c1-20(2)10-11-22-28(3,40-22)26-25(37-5)21(12-14-29(26)19-38-29)39-27(36)33-17-13-23(34)31-15-8-6-7-9-16-32-24(35)18-30-4/h10,21-22,25-26,30H,6-9,11-19H2,1-5H3,(H,31,34)(H,32,35)(H,33,36)/t21?,22-,25?,26?,28+,29+/m1/s1. The summed E-state index contributed by atoms with van der Waals surface area (Å²) < 4.78 is 23.9. The number of methoxy groups -OCH3 is 1. The summed E-state index contributed by atoms with van der Waals surface area (Å²) in [5.41, 5.74) is 0.598. The molecule has 0 radical (unpaired) electrons. The number of carbonyl (C=O) groups excluding carboxylic acids is 3. The highest BCUT2D eigenvalue weighted by Crippen LogP contribution is 2.59. The van der Waals surface area contributed by atoms with Crippen molar-refractivity contribution in [2.24, 2.45) is 5.92 Å². The Kier molecular flexibility index (Phi) is 12.2. The third-order valence-electron chi connectivity index (χ3n) is 8.20. The number of hydrogen-bond acceptors (Lipinski definition) is 8. The fourth-order valence-electron chi connectivity index (χ4n) is 5.90. The molecule has 11 nitrogen and oxygen atoms in total. The van der Waals surface area contributed by atoms with Gasteiger partial charge in [-0.25, -0.2) is 4.79 Å². The van der Waals surface area contributed by atoms with Gasteiger partial charge in [-0.15, -0.1) is 0 Å². The molecule has 3 aliphatic rings. The molecular weight excluding hydrogens is 516 g/mol. The quantitative estimate of drug-likeness (QED) is 0.119. The number of nitrogens with one attached hydrogen (secondary N) is 4. The summed E-state index contributed by atoms with van der Waals surface area (Å²) in [7, 11) is 3.39. The van der Waals surface area contributed by atoms with E-state index in [2.05, 4.69) is 48.1 Å². The van der Waals surface area contributed by atoms with Gasteiger partial charge in [0.1, 0.15) is 23.4 Å². The number of alkyl carbamates (subject to hydrolysis) is 1. The monoisotopic (exact) mass is 566 g/mol. The molecule has 6 atom stereocenters. The third kappa shape index (κ3) is 9.15. The van der Waals surface area contributed by atoms with Crippen LogP contribution in [0.25, 0.3) is 0 Å². The molecule has 2 aliphatic heterocycles. The zero-order chi connectivity index (χ0) is 29.2. The Balaban J connectivity index is 1.32. The van der Waals surface area contributed by atoms with Crippen molar-refractivity contribution in [3.8, 4) is 0 Å². The molecule has 0 aromatic carbocycles. The molecule has 4 N–H and O–H groups in total. The lowest BCUT2D eigenvalue weighted by Gasteiger charge is -2.42. The van der Waals surface area contributed by atoms with Gasteiger partial charge in [0, 0.05) is 33.2 Å². The average Bonchev–Trinajstić information content (AvgIpc) is 3.82. The number of allylic oxidation sites excluding steroid dienone is 1. The van der Waals surface area contributed by atoms with Crippen molar-refractivity contribution in [1.82, 2.24) is 21.3 Å². The highest BCUT2D eigenvalue weighted by Gasteiger charge is 2.72. The van der Waals surface area contributed by atoms with Crippen molar-refractivity contribution < 1.29 is 33.3 Å². The first kappa shape index (κ1) is 32.3. The van der Waals surface area contributed by atoms with Gasteiger partial charge in [-0.05, 0) is 59.9 Å². The molecule has 228 valence electrons. The molecule has 2 heterocycles. The van der Waals surface area contributed by atoms with Crippen molar-refractivity contribution >= 4 is 17.9 Å². The van der Waals surface area contributed by atoms with E-state index >= 15 is 0 Å². The van der Waals surface area contributed by atoms with Gasteiger partial charge in [-0.2, -0.15) is 0 Å². The average molecular weight is 567 g/mol. The Morgan fingerprint density at radius 3 is 2.27 bits per heavy atom. The smallest absolute Gasteiger partial charge is 0.407 e. The minimum absolute atomic E-state index is 0.000948. The Labute approximate surface area is 238 Å². The fourth-order valence-corrected chi connectivity index (χ4v) is 5.90. The Morgan fingerprint density at radius 1 is 1.00 bits per heavy atom. The van der Waals surface area contributed by atoms with E-state index in [9.17, 15) is 14.4 Å². The summed E-state index contributed by atoms with van der Waals surface area (Å²) in [5.74, 6) is -0.141. The molecule has 2 saturated heterocycles. The number of hydrogen-bond donors (Lipinski definition) is 4. The summed E-state index contributed by atoms with van der Waals surface area (Å²) in [5, 5.41) is 11.3. The molecule has 1 saturated carbocycles. The third-order valence-corrected chi connectivity index (χ3v) is 8.20. The van der Waals surface area contributed by atoms with Gasteiger partial charge in [-0.1, -0.05) is 24.5 Å². The molecule has 0 aromatic rings. The maximum atomic E-state index is 12.6. The van der Waals surface area contributed by atoms with Crippen LogP contribution in [-0.4, -0.2) is 94.4 Å². The topological polar surface area (TPSA) is 143 Å². The first-order chi connectivity index (χ1) is 19.1. The molecular formula is C29H50N4O7. The van der Waals surface area contributed by atoms with Crippen LogP contribution in [0, 0.1) is 5.92 Å². The highest BCUT2D eigenvalue weighted by molar-refractivity contribution is 5.78. The van der Waals surface area contributed by atoms with E-state index < -0.39 is 12.2 Å². The van der Waals surface area contributed by atoms with Crippen LogP contribution >= 0.6 is 0 Å². The van der Waals surface area contributed by atoms with Gasteiger partial charge in [0.05, 0.1) is 25.2 Å². The van der Waals surface area contributed by atoms with Gasteiger partial charge in [-0.3, -0.25) is 9.59 Å². The first-order valence-corrected chi connectivity index (χ1v) is 14.8. The number of amides is 3. The van der Waals surface area contributed by atoms with E-state index in [1.54, 1.807) is 14.2 Å². The Morgan fingerprint density at radius 2 is 1.68 bits per heavy atom. The maximum Gasteiger partial charge on any atom is 0.407 e. The number of ether oxygens (including phenoxy) is 4. The molecule has 3 fully saturated rings. The van der Waals surface area contributed by atoms with E-state index in [1.807, 2.05) is 0 Å². The van der Waals surface area contributed by atoms with Crippen LogP contribution < -0.4 is 21.3 Å². The van der Waals surface area contributed by atoms with Gasteiger partial charge >= 0.3 is 6.09 Å². The van der Waals surface area contributed by atoms with Crippen LogP contribution in [0.5, 0.6) is 0 Å². The minimum atomic E-state index is -0.545. The van der Waals surface area contributed by atoms with E-state index in [0.717, 1.165) is 38.5 Å². The largest absolute Gasteiger partial charge is 0.443 e. The van der Waals surface area contributed by atoms with Crippen molar-refractivity contribution in [3.05, 3.63) is 11.6 Å². The SMILES string of the molecule is CNCC(=O)NCCCCCCNC(=O)CCNC(=O)OC1CC[C@]2(CO2)C([C@@]2(C)O[C@@H]2CC=C(C)C)C1OC. The second kappa shape index (κ2) is 15.1. The van der Waals surface area contributed by atoms with Crippen LogP contribution in [0.2, 0.25) is 0 Å². The highest BCUT2D eigenvalue weighted by atomic mass is 16.6. The molecule has 3 amide bonds. The van der Waals surface area contributed by atoms with Crippen molar-refractivity contribution in [1.29, 1.82) is 0 Å². The van der Waals surface area contributed by atoms with Crippen LogP contribution in [0.3, 0.4) is 0 Å². The number of unbranched alkanes of at least 4 members (excludes halogenated alkanes) is 3. The van der Waals surface area contributed by atoms with Gasteiger partial charge in [0.2, 0.25) is 11.8 Å². The van der Waals surface area contributed by atoms with E-state index in [4.69, 9.17) is 18.9 Å². The summed E-state index contributed by atoms with van der Waals surface area (Å²) in [6.07, 6.45) is 7.20. The molecule has 3 unspecified atom stereocenters. The zero-order valence-corrected chi connectivity index (χ0v) is 24.9. The molecule has 0 bridgehead atoms. The number of epoxide rings is 2. The molecule has 3 rings (SSSR count). The van der Waals surface area contributed by atoms with E-state index in [1.165, 1.54) is 5.57 Å². The Hall–Kier alpha value is -2.21. The van der Waals surface area contributed by atoms with Crippen molar-refractivity contribution in [2.75, 3.05) is 46.9 Å². The number of likely N-dealkylation sites (N-methyl/N-ethyl adjacent to an activating group) is 1. The van der Waals surface area contributed by atoms with E-state index in [-0.39, 0.29) is 54.1 Å². The molecule has 11 heteroatoms. The van der Waals surface area contributed by atoms with Gasteiger partial charge < -0.3 is 40.2 Å². The summed E-state index contributed by atoms with van der Waals surface area (Å²) in [6, 6.07) is 0. The van der Waals surface area contributed by atoms with Crippen molar-refractivity contribution in [3.63, 3.8) is 0 Å². The van der Waals surface area contributed by atoms with Crippen molar-refractivity contribution in [2.45, 2.75) is 102 Å². The van der Waals surface area contributed by atoms with Gasteiger partial charge in [0.15, 0.2) is 0 Å². The predicted octanol–water partition coefficient (Wildman–Crippen LogP) is 2.19. The minimum Gasteiger partial charge on any atom is -0.443 e. The predicted molar refractivity (Wildman–Crippen MR) is 151 cm³/mol. The molecule has 1 aliphatic carbocycles. The summed E-state index contributed by atoms with van der Waals surface area (Å²) in [6.45, 7) is 8.73. The number of rotatable bonds is 17. The zero-order valence-electron chi connectivity index (χ0n) is 24.9. The maximum absolute atomic E-state index is 12.6. The second-order valence-corrected chi connectivity index (χ2v) is 11.6. The van der Waals surface area contributed by atoms with Crippen LogP contribution in [0.4, 0.5) is 4.79 Å². The lowest BCUT2D eigenvalue weighted by molar-refractivity contribution is -0.121. The Bertz CT molecular complexity index is 890. The summed E-state index contributed by atoms with van der Waals surface area (Å²) in [4.78, 5) is 36.1. The van der Waals surface area contributed by atoms with Crippen LogP contribution in [0.15, 0.2) is 11.6 Å². The van der Waals surface area contributed by atoms with Crippen LogP contribution in [-0.2, 0) is 28.5 Å². The second-order valence-electron chi connectivity index (χ2n) is 11.6. The van der Waals surface area contributed by atoms with Crippen LogP contribution in [0.1, 0.15) is 72.1 Å². The first-order valence-electron chi connectivity index (χ1n) is 14.8. The lowest BCUT2D eigenvalue weighted by Crippen LogP contribution is -2.56. The molecule has 1 spiro atoms. The van der Waals surface area contributed by atoms with E-state index in [0.29, 0.717) is 32.7 Å². The lowest BCUT2D eigenvalue weighted by atomic mass is 9.68.